The number of amides is 2. The first-order valence-electron chi connectivity index (χ1n) is 2.65. The number of aliphatic hydroxyl groups is 1. The van der Waals surface area contributed by atoms with Crippen LogP contribution in [0.25, 0.3) is 0 Å². The molecule has 0 atom stereocenters. The van der Waals surface area contributed by atoms with E-state index in [1.165, 1.54) is 0 Å². The van der Waals surface area contributed by atoms with Gasteiger partial charge in [-0.25, -0.2) is 0 Å². The van der Waals surface area contributed by atoms with Crippen LogP contribution in [0.3, 0.4) is 0 Å². The molecule has 0 aliphatic heterocycles. The summed E-state index contributed by atoms with van der Waals surface area (Å²) in [6.07, 6.45) is 0.939. The van der Waals surface area contributed by atoms with E-state index < -0.39 is 0 Å². The molecule has 0 saturated heterocycles. The van der Waals surface area contributed by atoms with E-state index in [1.807, 2.05) is 5.32 Å². The van der Waals surface area contributed by atoms with Gasteiger partial charge in [0.05, 0.1) is 0 Å². The molecule has 9 heavy (non-hydrogen) atoms. The molecular weight excluding hydrogens is 122 g/mol. The molecule has 0 heterocycles. The molecule has 4 heteroatoms. The van der Waals surface area contributed by atoms with E-state index in [0.29, 0.717) is 12.8 Å². The summed E-state index contributed by atoms with van der Waals surface area (Å²) in [5.74, 6) is -0.348. The van der Waals surface area contributed by atoms with E-state index >= 15 is 0 Å². The molecule has 0 aliphatic carbocycles. The molecule has 0 aliphatic rings. The highest BCUT2D eigenvalue weighted by Crippen LogP contribution is 1.84. The molecule has 52 valence electrons. The summed E-state index contributed by atoms with van der Waals surface area (Å²) in [6.45, 7) is -0.0216. The van der Waals surface area contributed by atoms with Crippen molar-refractivity contribution >= 4 is 12.3 Å². The number of aliphatic hydroxyl groups excluding tert-OH is 1. The van der Waals surface area contributed by atoms with Crippen molar-refractivity contribution in [2.75, 3.05) is 6.61 Å². The highest BCUT2D eigenvalue weighted by atomic mass is 16.3. The van der Waals surface area contributed by atoms with Gasteiger partial charge >= 0.3 is 0 Å². The summed E-state index contributed by atoms with van der Waals surface area (Å²) in [7, 11) is 0. The normalized spacial score (nSPS) is 8.56. The molecule has 0 bridgehead atoms. The molecule has 0 aromatic rings. The first-order chi connectivity index (χ1) is 4.31. The van der Waals surface area contributed by atoms with Crippen LogP contribution < -0.4 is 5.32 Å². The predicted octanol–water partition coefficient (Wildman–Crippen LogP) is -0.969. The second kappa shape index (κ2) is 5.24. The first-order valence-corrected chi connectivity index (χ1v) is 2.65. The molecule has 0 unspecified atom stereocenters. The van der Waals surface area contributed by atoms with Crippen molar-refractivity contribution in [3.05, 3.63) is 0 Å². The van der Waals surface area contributed by atoms with Gasteiger partial charge in [-0.15, -0.1) is 0 Å². The van der Waals surface area contributed by atoms with Crippen LogP contribution in [0.2, 0.25) is 0 Å². The fourth-order valence-corrected chi connectivity index (χ4v) is 0.378. The van der Waals surface area contributed by atoms with E-state index in [9.17, 15) is 9.59 Å². The average molecular weight is 131 g/mol. The lowest BCUT2D eigenvalue weighted by Gasteiger charge is -1.92. The minimum atomic E-state index is -0.348. The number of nitrogens with one attached hydrogen (secondary N) is 1. The number of rotatable bonds is 4. The van der Waals surface area contributed by atoms with Gasteiger partial charge in [-0.05, 0) is 6.42 Å². The van der Waals surface area contributed by atoms with Crippen LogP contribution in [0, 0.1) is 0 Å². The number of carbonyl (C=O) groups excluding carboxylic acids is 2. The maximum atomic E-state index is 10.3. The van der Waals surface area contributed by atoms with Crippen LogP contribution in [0.5, 0.6) is 0 Å². The van der Waals surface area contributed by atoms with Crippen LogP contribution in [0.1, 0.15) is 12.8 Å². The van der Waals surface area contributed by atoms with Gasteiger partial charge in [0, 0.05) is 13.0 Å². The molecule has 4 nitrogen and oxygen atoms in total. The minimum Gasteiger partial charge on any atom is -0.396 e. The van der Waals surface area contributed by atoms with Gasteiger partial charge in [-0.1, -0.05) is 0 Å². The van der Waals surface area contributed by atoms with Crippen molar-refractivity contribution in [3.63, 3.8) is 0 Å². The SMILES string of the molecule is O=CNC(=O)CCCO. The van der Waals surface area contributed by atoms with E-state index in [2.05, 4.69) is 0 Å². The molecule has 2 amide bonds. The highest BCUT2D eigenvalue weighted by molar-refractivity contribution is 5.85. The van der Waals surface area contributed by atoms with E-state index in [1.54, 1.807) is 0 Å². The third-order valence-corrected chi connectivity index (χ3v) is 0.782. The van der Waals surface area contributed by atoms with Crippen LogP contribution in [-0.4, -0.2) is 24.0 Å². The third-order valence-electron chi connectivity index (χ3n) is 0.782. The second-order valence-electron chi connectivity index (χ2n) is 1.51. The number of hydrogen-bond donors (Lipinski definition) is 2. The zero-order valence-corrected chi connectivity index (χ0v) is 4.96. The molecule has 0 radical (unpaired) electrons. The Bertz CT molecular complexity index is 102. The van der Waals surface area contributed by atoms with Gasteiger partial charge in [0.25, 0.3) is 0 Å². The summed E-state index contributed by atoms with van der Waals surface area (Å²) < 4.78 is 0. The van der Waals surface area contributed by atoms with Gasteiger partial charge in [0.15, 0.2) is 0 Å². The van der Waals surface area contributed by atoms with Gasteiger partial charge in [0.1, 0.15) is 0 Å². The zero-order valence-electron chi connectivity index (χ0n) is 4.96. The van der Waals surface area contributed by atoms with Gasteiger partial charge in [0.2, 0.25) is 12.3 Å². The van der Waals surface area contributed by atoms with Crippen molar-refractivity contribution in [3.8, 4) is 0 Å². The summed E-state index contributed by atoms with van der Waals surface area (Å²) in [6, 6.07) is 0. The van der Waals surface area contributed by atoms with Crippen LogP contribution in [0.15, 0.2) is 0 Å². The van der Waals surface area contributed by atoms with Crippen molar-refractivity contribution < 1.29 is 14.7 Å². The number of carbonyl (C=O) groups is 2. The standard InChI is InChI=1S/C5H9NO3/c7-3-1-2-5(9)6-4-8/h4,7H,1-3H2,(H,6,8,9). The van der Waals surface area contributed by atoms with Gasteiger partial charge < -0.3 is 5.11 Å². The lowest BCUT2D eigenvalue weighted by Crippen LogP contribution is -2.20. The Balaban J connectivity index is 3.16. The maximum Gasteiger partial charge on any atom is 0.226 e. The smallest absolute Gasteiger partial charge is 0.226 e. The summed E-state index contributed by atoms with van der Waals surface area (Å²) in [4.78, 5) is 19.9. The zero-order chi connectivity index (χ0) is 7.11. The Kier molecular flexibility index (Phi) is 4.72. The summed E-state index contributed by atoms with van der Waals surface area (Å²) >= 11 is 0. The van der Waals surface area contributed by atoms with Crippen molar-refractivity contribution in [2.24, 2.45) is 0 Å². The topological polar surface area (TPSA) is 66.4 Å². The Labute approximate surface area is 52.9 Å². The summed E-state index contributed by atoms with van der Waals surface area (Å²) in [5.41, 5.74) is 0. The third kappa shape index (κ3) is 4.96. The fraction of sp³-hybridized carbons (Fsp3) is 0.600. The van der Waals surface area contributed by atoms with Gasteiger partial charge in [-0.2, -0.15) is 0 Å². The number of imide groups is 1. The molecule has 0 spiro atoms. The molecule has 0 fully saturated rings. The van der Waals surface area contributed by atoms with E-state index in [0.717, 1.165) is 0 Å². The van der Waals surface area contributed by atoms with Gasteiger partial charge in [-0.3, -0.25) is 14.9 Å². The second-order valence-corrected chi connectivity index (χ2v) is 1.51. The van der Waals surface area contributed by atoms with Crippen LogP contribution in [-0.2, 0) is 9.59 Å². The Morgan fingerprint density at radius 2 is 2.33 bits per heavy atom. The average Bonchev–Trinajstić information content (AvgIpc) is 1.85. The van der Waals surface area contributed by atoms with Crippen molar-refractivity contribution in [1.29, 1.82) is 0 Å². The van der Waals surface area contributed by atoms with Crippen LogP contribution in [0.4, 0.5) is 0 Å². The predicted molar refractivity (Wildman–Crippen MR) is 30.5 cm³/mol. The molecule has 0 saturated carbocycles. The Hall–Kier alpha value is -0.900. The van der Waals surface area contributed by atoms with Crippen molar-refractivity contribution in [2.45, 2.75) is 12.8 Å². The maximum absolute atomic E-state index is 10.3. The summed E-state index contributed by atoms with van der Waals surface area (Å²) in [5, 5.41) is 10.2. The van der Waals surface area contributed by atoms with Crippen LogP contribution >= 0.6 is 0 Å². The van der Waals surface area contributed by atoms with Crippen molar-refractivity contribution in [1.82, 2.24) is 5.32 Å². The lowest BCUT2D eigenvalue weighted by atomic mass is 10.3. The minimum absolute atomic E-state index is 0.0216. The molecular formula is C5H9NO3. The van der Waals surface area contributed by atoms with E-state index in [4.69, 9.17) is 5.11 Å². The molecule has 0 rings (SSSR count). The quantitative estimate of drug-likeness (QED) is 0.482. The lowest BCUT2D eigenvalue weighted by molar-refractivity contribution is -0.125. The number of hydrogen-bond acceptors (Lipinski definition) is 3. The molecule has 0 aromatic carbocycles. The highest BCUT2D eigenvalue weighted by Gasteiger charge is 1.95. The largest absolute Gasteiger partial charge is 0.396 e. The molecule has 0 aromatic heterocycles. The Morgan fingerprint density at radius 1 is 1.67 bits per heavy atom. The van der Waals surface area contributed by atoms with E-state index in [-0.39, 0.29) is 18.9 Å². The monoisotopic (exact) mass is 131 g/mol. The molecule has 2 N–H and O–H groups in total. The fourth-order valence-electron chi connectivity index (χ4n) is 0.378. The Morgan fingerprint density at radius 3 is 2.78 bits per heavy atom. The first kappa shape index (κ1) is 8.10.